The van der Waals surface area contributed by atoms with Gasteiger partial charge in [-0.05, 0) is 60.0 Å². The maximum Gasteiger partial charge on any atom is 0.303 e. The van der Waals surface area contributed by atoms with Gasteiger partial charge in [0.1, 0.15) is 18.2 Å². The van der Waals surface area contributed by atoms with E-state index in [-0.39, 0.29) is 18.1 Å². The Hall–Kier alpha value is -4.19. The number of benzene rings is 4. The molecule has 4 rings (SSSR count). The second-order valence-electron chi connectivity index (χ2n) is 8.74. The number of hydrogen-bond donors (Lipinski definition) is 2. The van der Waals surface area contributed by atoms with Crippen LogP contribution in [0.15, 0.2) is 84.9 Å². The molecule has 0 spiro atoms. The molecule has 0 heterocycles. The highest BCUT2D eigenvalue weighted by Gasteiger charge is 2.20. The number of amides is 1. The summed E-state index contributed by atoms with van der Waals surface area (Å²) in [7, 11) is 0. The third kappa shape index (κ3) is 6.08. The smallest absolute Gasteiger partial charge is 0.303 e. The van der Waals surface area contributed by atoms with Gasteiger partial charge in [0.2, 0.25) is 5.91 Å². The molecule has 1 unspecified atom stereocenters. The second kappa shape index (κ2) is 11.5. The molecule has 4 aromatic rings. The van der Waals surface area contributed by atoms with Gasteiger partial charge in [-0.15, -0.1) is 0 Å². The molecule has 0 aliphatic heterocycles. The van der Waals surface area contributed by atoms with Crippen molar-refractivity contribution in [3.63, 3.8) is 0 Å². The topological polar surface area (TPSA) is 75.6 Å². The van der Waals surface area contributed by atoms with E-state index in [0.29, 0.717) is 36.3 Å². The van der Waals surface area contributed by atoms with E-state index in [1.54, 1.807) is 37.3 Å². The highest BCUT2D eigenvalue weighted by atomic mass is 19.1. The Labute approximate surface area is 209 Å². The van der Waals surface area contributed by atoms with Crippen LogP contribution < -0.4 is 10.1 Å². The van der Waals surface area contributed by atoms with E-state index in [2.05, 4.69) is 5.32 Å². The molecule has 36 heavy (non-hydrogen) atoms. The van der Waals surface area contributed by atoms with Gasteiger partial charge in [0.05, 0.1) is 11.6 Å². The van der Waals surface area contributed by atoms with Gasteiger partial charge in [0.15, 0.2) is 0 Å². The average Bonchev–Trinajstić information content (AvgIpc) is 2.89. The lowest BCUT2D eigenvalue weighted by atomic mass is 9.94. The first-order valence-electron chi connectivity index (χ1n) is 11.9. The fourth-order valence-electron chi connectivity index (χ4n) is 4.15. The molecule has 0 saturated heterocycles. The van der Waals surface area contributed by atoms with E-state index in [1.165, 1.54) is 6.07 Å². The first-order chi connectivity index (χ1) is 17.4. The Morgan fingerprint density at radius 2 is 1.56 bits per heavy atom. The highest BCUT2D eigenvalue weighted by molar-refractivity contribution is 6.00. The van der Waals surface area contributed by atoms with Crippen molar-refractivity contribution in [2.24, 2.45) is 0 Å². The number of hydrogen-bond acceptors (Lipinski definition) is 3. The number of ether oxygens (including phenoxy) is 1. The zero-order valence-electron chi connectivity index (χ0n) is 20.0. The lowest BCUT2D eigenvalue weighted by Crippen LogP contribution is -2.19. The molecule has 0 radical (unpaired) electrons. The Morgan fingerprint density at radius 3 is 2.31 bits per heavy atom. The quantitative estimate of drug-likeness (QED) is 0.262. The predicted molar refractivity (Wildman–Crippen MR) is 139 cm³/mol. The maximum absolute atomic E-state index is 14.2. The number of anilines is 1. The number of aliphatic carboxylic acids is 1. The van der Waals surface area contributed by atoms with Crippen LogP contribution in [0, 0.1) is 5.82 Å². The number of carbonyl (C=O) groups is 2. The van der Waals surface area contributed by atoms with Crippen LogP contribution in [0.1, 0.15) is 42.4 Å². The summed E-state index contributed by atoms with van der Waals surface area (Å²) >= 11 is 0. The highest BCUT2D eigenvalue weighted by Crippen LogP contribution is 2.30. The Bertz CT molecular complexity index is 1370. The molecule has 0 aromatic heterocycles. The van der Waals surface area contributed by atoms with E-state index in [0.717, 1.165) is 22.1 Å². The zero-order chi connectivity index (χ0) is 25.5. The van der Waals surface area contributed by atoms with E-state index in [9.17, 15) is 14.0 Å². The molecule has 2 N–H and O–H groups in total. The van der Waals surface area contributed by atoms with Gasteiger partial charge in [-0.25, -0.2) is 4.39 Å². The lowest BCUT2D eigenvalue weighted by Gasteiger charge is -2.17. The van der Waals surface area contributed by atoms with Gasteiger partial charge < -0.3 is 15.2 Å². The molecule has 1 amide bonds. The second-order valence-corrected chi connectivity index (χ2v) is 8.74. The predicted octanol–water partition coefficient (Wildman–Crippen LogP) is 6.71. The summed E-state index contributed by atoms with van der Waals surface area (Å²) in [6.07, 6.45) is 1.47. The third-order valence-electron chi connectivity index (χ3n) is 6.18. The summed E-state index contributed by atoms with van der Waals surface area (Å²) in [5, 5.41) is 12.9. The lowest BCUT2D eigenvalue weighted by molar-refractivity contribution is -0.137. The minimum Gasteiger partial charge on any atom is -0.487 e. The Balaban J connectivity index is 1.41. The maximum atomic E-state index is 14.2. The molecule has 0 aliphatic carbocycles. The van der Waals surface area contributed by atoms with Crippen LogP contribution in [0.5, 0.6) is 5.75 Å². The summed E-state index contributed by atoms with van der Waals surface area (Å²) in [6, 6.07) is 25.3. The van der Waals surface area contributed by atoms with Crippen molar-refractivity contribution < 1.29 is 23.8 Å². The van der Waals surface area contributed by atoms with E-state index >= 15 is 0 Å². The van der Waals surface area contributed by atoms with Gasteiger partial charge in [0, 0.05) is 11.8 Å². The van der Waals surface area contributed by atoms with Gasteiger partial charge in [-0.1, -0.05) is 66.7 Å². The van der Waals surface area contributed by atoms with E-state index < -0.39 is 11.9 Å². The molecular weight excluding hydrogens is 457 g/mol. The van der Waals surface area contributed by atoms with Crippen LogP contribution in [-0.4, -0.2) is 17.0 Å². The zero-order valence-corrected chi connectivity index (χ0v) is 20.0. The van der Waals surface area contributed by atoms with Crippen molar-refractivity contribution in [2.75, 3.05) is 5.32 Å². The summed E-state index contributed by atoms with van der Waals surface area (Å²) in [5.74, 6) is -1.27. The van der Waals surface area contributed by atoms with Gasteiger partial charge in [-0.2, -0.15) is 0 Å². The number of rotatable bonds is 10. The summed E-state index contributed by atoms with van der Waals surface area (Å²) in [4.78, 5) is 23.8. The molecule has 4 aromatic carbocycles. The summed E-state index contributed by atoms with van der Waals surface area (Å²) < 4.78 is 20.2. The number of carbonyl (C=O) groups excluding carboxylic acids is 1. The number of carboxylic acids is 1. The summed E-state index contributed by atoms with van der Waals surface area (Å²) in [6.45, 7) is 2.12. The molecular formula is C30H28FNO4. The van der Waals surface area contributed by atoms with Gasteiger partial charge in [0.25, 0.3) is 0 Å². The van der Waals surface area contributed by atoms with Crippen molar-refractivity contribution in [2.45, 2.75) is 38.7 Å². The molecule has 0 saturated carbocycles. The van der Waals surface area contributed by atoms with Crippen molar-refractivity contribution >= 4 is 28.3 Å². The molecule has 5 nitrogen and oxygen atoms in total. The first kappa shape index (κ1) is 24.9. The number of para-hydroxylation sites is 2. The summed E-state index contributed by atoms with van der Waals surface area (Å²) in [5.41, 5.74) is 3.36. The van der Waals surface area contributed by atoms with Crippen LogP contribution >= 0.6 is 0 Å². The van der Waals surface area contributed by atoms with Crippen LogP contribution in [-0.2, 0) is 22.6 Å². The van der Waals surface area contributed by atoms with Gasteiger partial charge in [-0.3, -0.25) is 9.59 Å². The monoisotopic (exact) mass is 485 g/mol. The molecule has 1 atom stereocenters. The van der Waals surface area contributed by atoms with Crippen molar-refractivity contribution in [1.29, 1.82) is 0 Å². The molecule has 184 valence electrons. The molecule has 0 bridgehead atoms. The molecule has 0 fully saturated rings. The van der Waals surface area contributed by atoms with Crippen molar-refractivity contribution in [3.05, 3.63) is 107 Å². The minimum absolute atomic E-state index is 0.156. The average molecular weight is 486 g/mol. The van der Waals surface area contributed by atoms with E-state index in [4.69, 9.17) is 9.84 Å². The number of nitrogens with one attached hydrogen (secondary N) is 1. The molecule has 0 aliphatic rings. The largest absolute Gasteiger partial charge is 0.487 e. The third-order valence-corrected chi connectivity index (χ3v) is 6.18. The van der Waals surface area contributed by atoms with Crippen LogP contribution in [0.25, 0.3) is 10.8 Å². The van der Waals surface area contributed by atoms with Crippen LogP contribution in [0.3, 0.4) is 0 Å². The Morgan fingerprint density at radius 1 is 0.889 bits per heavy atom. The van der Waals surface area contributed by atoms with Crippen LogP contribution in [0.2, 0.25) is 0 Å². The standard InChI is InChI=1S/C30H28FNO4/c1-20(23-17-18-26(31)25-9-3-2-8-24(23)25)30(35)32-27-10-4-5-11-28(27)36-19-22-15-13-21(14-16-22)7-6-12-29(33)34/h2-5,8-11,13-18,20H,6-7,12,19H2,1H3,(H,32,35)(H,33,34). The number of halogens is 1. The SMILES string of the molecule is CC(C(=O)Nc1ccccc1OCc1ccc(CCCC(=O)O)cc1)c1ccc(F)c2ccccc12. The number of fused-ring (bicyclic) bond motifs is 1. The number of carboxylic acid groups (broad SMARTS) is 1. The fourth-order valence-corrected chi connectivity index (χ4v) is 4.15. The van der Waals surface area contributed by atoms with E-state index in [1.807, 2.05) is 48.5 Å². The van der Waals surface area contributed by atoms with Crippen LogP contribution in [0.4, 0.5) is 10.1 Å². The normalized spacial score (nSPS) is 11.7. The molecule has 6 heteroatoms. The first-order valence-corrected chi connectivity index (χ1v) is 11.9. The van der Waals surface area contributed by atoms with Gasteiger partial charge >= 0.3 is 5.97 Å². The minimum atomic E-state index is -0.786. The fraction of sp³-hybridized carbons (Fsp3) is 0.200. The van der Waals surface area contributed by atoms with Crippen molar-refractivity contribution in [1.82, 2.24) is 0 Å². The Kier molecular flexibility index (Phi) is 7.95. The van der Waals surface area contributed by atoms with Crippen molar-refractivity contribution in [3.8, 4) is 5.75 Å². The number of aryl methyl sites for hydroxylation is 1.